The van der Waals surface area contributed by atoms with Crippen molar-refractivity contribution in [3.05, 3.63) is 71.6 Å². The minimum atomic E-state index is -0.670. The summed E-state index contributed by atoms with van der Waals surface area (Å²) in [5.74, 6) is -0.0789. The van der Waals surface area contributed by atoms with Gasteiger partial charge in [-0.3, -0.25) is 4.81 Å². The Morgan fingerprint density at radius 2 is 1.60 bits per heavy atom. The van der Waals surface area contributed by atoms with Gasteiger partial charge in [0.2, 0.25) is 0 Å². The molecule has 2 aliphatic rings. The first-order valence-electron chi connectivity index (χ1n) is 11.6. The highest BCUT2D eigenvalue weighted by atomic mass is 19.1. The predicted molar refractivity (Wildman–Crippen MR) is 129 cm³/mol. The second kappa shape index (κ2) is 7.78. The molecule has 5 rings (SSSR count). The summed E-state index contributed by atoms with van der Waals surface area (Å²) < 4.78 is 31.1. The second-order valence-electron chi connectivity index (χ2n) is 9.51. The number of hydrogen-bond acceptors (Lipinski definition) is 5. The van der Waals surface area contributed by atoms with Crippen molar-refractivity contribution in [1.82, 2.24) is 4.98 Å². The SMILES string of the molecule is CCC1(C)B2N(c3cc(C#N)c(F)cn3)c3ccccc3N2c2cc(C#N)c(F)c[n+]2C1(C)CC. The van der Waals surface area contributed by atoms with Gasteiger partial charge in [-0.05, 0) is 31.9 Å². The minimum absolute atomic E-state index is 0.0313. The normalized spacial score (nSPS) is 22.2. The van der Waals surface area contributed by atoms with Crippen molar-refractivity contribution in [1.29, 1.82) is 10.5 Å². The maximum atomic E-state index is 15.0. The number of halogens is 2. The molecule has 0 fully saturated rings. The third kappa shape index (κ3) is 2.85. The lowest BCUT2D eigenvalue weighted by Crippen LogP contribution is -2.74. The van der Waals surface area contributed by atoms with Gasteiger partial charge in [-0.2, -0.15) is 10.5 Å². The lowest BCUT2D eigenvalue weighted by molar-refractivity contribution is -0.759. The fourth-order valence-electron chi connectivity index (χ4n) is 5.84. The number of anilines is 4. The molecule has 4 heterocycles. The van der Waals surface area contributed by atoms with Gasteiger partial charge in [0.25, 0.3) is 5.82 Å². The molecule has 2 atom stereocenters. The van der Waals surface area contributed by atoms with E-state index in [0.29, 0.717) is 18.1 Å². The molecule has 174 valence electrons. The van der Waals surface area contributed by atoms with Crippen LogP contribution in [0.2, 0.25) is 5.31 Å². The van der Waals surface area contributed by atoms with E-state index in [2.05, 4.69) is 37.5 Å². The highest BCUT2D eigenvalue weighted by molar-refractivity contribution is 6.76. The maximum absolute atomic E-state index is 15.0. The van der Waals surface area contributed by atoms with Crippen LogP contribution in [0.15, 0.2) is 48.8 Å². The molecule has 1 aromatic carbocycles. The Morgan fingerprint density at radius 3 is 2.20 bits per heavy atom. The van der Waals surface area contributed by atoms with Crippen molar-refractivity contribution in [2.45, 2.75) is 51.4 Å². The van der Waals surface area contributed by atoms with Crippen LogP contribution in [-0.4, -0.2) is 12.0 Å². The van der Waals surface area contributed by atoms with Gasteiger partial charge in [-0.15, -0.1) is 0 Å². The van der Waals surface area contributed by atoms with E-state index in [1.807, 2.05) is 45.8 Å². The largest absolute Gasteiger partial charge is 0.518 e. The Bertz CT molecular complexity index is 1450. The third-order valence-electron chi connectivity index (χ3n) is 8.24. The molecule has 2 unspecified atom stereocenters. The molecule has 0 spiro atoms. The lowest BCUT2D eigenvalue weighted by Gasteiger charge is -2.51. The van der Waals surface area contributed by atoms with E-state index >= 15 is 0 Å². The fraction of sp³-hybridized carbons (Fsp3) is 0.308. The standard InChI is InChI=1S/C26H24BF2N6/c1-5-25(3)26(4,6-2)33-16-20(29)18(14-31)12-24(33)35-22-10-8-7-9-21(22)34(27(25)35)23-11-17(13-30)19(28)15-32-23/h7-12,15-16H,5-6H2,1-4H3/q+1. The Labute approximate surface area is 203 Å². The molecule has 0 saturated carbocycles. The summed E-state index contributed by atoms with van der Waals surface area (Å²) in [6.45, 7) is 8.15. The summed E-state index contributed by atoms with van der Waals surface area (Å²) >= 11 is 0. The molecule has 0 radical (unpaired) electrons. The average Bonchev–Trinajstić information content (AvgIpc) is 3.23. The average molecular weight is 469 g/mol. The highest BCUT2D eigenvalue weighted by Crippen LogP contribution is 2.60. The summed E-state index contributed by atoms with van der Waals surface area (Å²) in [4.78, 5) is 8.56. The highest BCUT2D eigenvalue weighted by Gasteiger charge is 2.70. The summed E-state index contributed by atoms with van der Waals surface area (Å²) in [5, 5.41) is 18.6. The zero-order valence-electron chi connectivity index (χ0n) is 20.0. The summed E-state index contributed by atoms with van der Waals surface area (Å²) in [7, 11) is 0. The first kappa shape index (κ1) is 22.8. The number of para-hydroxylation sites is 2. The smallest absolute Gasteiger partial charge is 0.324 e. The molecule has 0 aliphatic carbocycles. The number of pyridine rings is 2. The fourth-order valence-corrected chi connectivity index (χ4v) is 5.84. The second-order valence-corrected chi connectivity index (χ2v) is 9.51. The number of rotatable bonds is 3. The molecule has 0 amide bonds. The predicted octanol–water partition coefficient (Wildman–Crippen LogP) is 5.48. The van der Waals surface area contributed by atoms with Gasteiger partial charge < -0.3 is 4.81 Å². The maximum Gasteiger partial charge on any atom is 0.518 e. The van der Waals surface area contributed by atoms with E-state index in [-0.39, 0.29) is 18.1 Å². The molecule has 0 bridgehead atoms. The van der Waals surface area contributed by atoms with Crippen LogP contribution in [0.4, 0.5) is 31.8 Å². The van der Waals surface area contributed by atoms with Crippen molar-refractivity contribution in [2.75, 3.05) is 9.62 Å². The van der Waals surface area contributed by atoms with Crippen molar-refractivity contribution in [3.63, 3.8) is 0 Å². The van der Waals surface area contributed by atoms with Crippen LogP contribution in [0.5, 0.6) is 0 Å². The van der Waals surface area contributed by atoms with Crippen molar-refractivity contribution in [2.24, 2.45) is 0 Å². The number of nitrogens with zero attached hydrogens (tertiary/aromatic N) is 6. The van der Waals surface area contributed by atoms with Gasteiger partial charge in [0.15, 0.2) is 11.6 Å². The zero-order chi connectivity index (χ0) is 25.1. The van der Waals surface area contributed by atoms with Crippen LogP contribution in [0, 0.1) is 34.3 Å². The van der Waals surface area contributed by atoms with E-state index in [1.54, 1.807) is 6.07 Å². The monoisotopic (exact) mass is 469 g/mol. The van der Waals surface area contributed by atoms with Crippen LogP contribution in [0.25, 0.3) is 0 Å². The first-order valence-corrected chi connectivity index (χ1v) is 11.6. The molecule has 2 aliphatic heterocycles. The molecular formula is C26H24BF2N6+. The summed E-state index contributed by atoms with van der Waals surface area (Å²) in [6, 6.07) is 14.7. The van der Waals surface area contributed by atoms with Crippen LogP contribution in [0.1, 0.15) is 51.7 Å². The topological polar surface area (TPSA) is 70.8 Å². The van der Waals surface area contributed by atoms with E-state index in [9.17, 15) is 19.3 Å². The zero-order valence-corrected chi connectivity index (χ0v) is 20.0. The van der Waals surface area contributed by atoms with Crippen molar-refractivity contribution < 1.29 is 13.3 Å². The van der Waals surface area contributed by atoms with E-state index in [4.69, 9.17) is 0 Å². The van der Waals surface area contributed by atoms with Crippen LogP contribution in [-0.2, 0) is 5.54 Å². The lowest BCUT2D eigenvalue weighted by atomic mass is 9.39. The Hall–Kier alpha value is -3.98. The third-order valence-corrected chi connectivity index (χ3v) is 8.24. The summed E-state index contributed by atoms with van der Waals surface area (Å²) in [6.07, 6.45) is 3.96. The first-order chi connectivity index (χ1) is 16.7. The minimum Gasteiger partial charge on any atom is -0.324 e. The van der Waals surface area contributed by atoms with Gasteiger partial charge in [0, 0.05) is 12.1 Å². The van der Waals surface area contributed by atoms with Gasteiger partial charge >= 0.3 is 6.98 Å². The van der Waals surface area contributed by atoms with Crippen molar-refractivity contribution in [3.8, 4) is 12.1 Å². The number of fused-ring (bicyclic) bond motifs is 5. The Morgan fingerprint density at radius 1 is 0.971 bits per heavy atom. The summed E-state index contributed by atoms with van der Waals surface area (Å²) in [5.41, 5.74) is 1.06. The van der Waals surface area contributed by atoms with Crippen molar-refractivity contribution >= 4 is 30.0 Å². The Balaban J connectivity index is 1.88. The van der Waals surface area contributed by atoms with E-state index in [0.717, 1.165) is 24.0 Å². The quantitative estimate of drug-likeness (QED) is 0.376. The number of nitriles is 2. The van der Waals surface area contributed by atoms with Gasteiger partial charge in [0.1, 0.15) is 35.4 Å². The van der Waals surface area contributed by atoms with E-state index in [1.165, 1.54) is 12.3 Å². The number of aromatic nitrogens is 2. The Kier molecular flexibility index (Phi) is 5.07. The van der Waals surface area contributed by atoms with Gasteiger partial charge in [-0.1, -0.05) is 32.9 Å². The van der Waals surface area contributed by atoms with Crippen LogP contribution >= 0.6 is 0 Å². The van der Waals surface area contributed by atoms with Gasteiger partial charge in [-0.25, -0.2) is 18.3 Å². The molecule has 0 saturated heterocycles. The molecule has 3 aromatic rings. The molecule has 2 aromatic heterocycles. The van der Waals surface area contributed by atoms with Crippen LogP contribution < -0.4 is 14.2 Å². The van der Waals surface area contributed by atoms with Crippen LogP contribution in [0.3, 0.4) is 0 Å². The molecule has 9 heteroatoms. The molecular weight excluding hydrogens is 445 g/mol. The molecule has 35 heavy (non-hydrogen) atoms. The van der Waals surface area contributed by atoms with Gasteiger partial charge in [0.05, 0.1) is 28.3 Å². The van der Waals surface area contributed by atoms with E-state index < -0.39 is 22.5 Å². The number of hydrogen-bond donors (Lipinski definition) is 0. The molecule has 0 N–H and O–H groups in total. The number of benzene rings is 1. The molecule has 6 nitrogen and oxygen atoms in total.